The molecule has 0 radical (unpaired) electrons. The van der Waals surface area contributed by atoms with E-state index in [1.165, 1.54) is 35.1 Å². The number of hydrogen-bond donors (Lipinski definition) is 2. The van der Waals surface area contributed by atoms with Gasteiger partial charge in [0.1, 0.15) is 0 Å². The molecule has 0 saturated carbocycles. The molecule has 0 bridgehead atoms. The fraction of sp³-hybridized carbons (Fsp3) is 0.440. The van der Waals surface area contributed by atoms with E-state index >= 15 is 0 Å². The van der Waals surface area contributed by atoms with Crippen LogP contribution in [-0.4, -0.2) is 16.4 Å². The first kappa shape index (κ1) is 23.0. The van der Waals surface area contributed by atoms with Crippen LogP contribution in [0.25, 0.3) is 11.6 Å². The summed E-state index contributed by atoms with van der Waals surface area (Å²) in [5, 5.41) is 0. The zero-order chi connectivity index (χ0) is 22.2. The number of benzene rings is 2. The summed E-state index contributed by atoms with van der Waals surface area (Å²) in [6.07, 6.45) is 5.06. The Bertz CT molecular complexity index is 981. The van der Waals surface area contributed by atoms with Crippen LogP contribution in [0.5, 0.6) is 0 Å². The molecule has 2 aromatic rings. The van der Waals surface area contributed by atoms with Crippen LogP contribution in [0.15, 0.2) is 42.5 Å². The van der Waals surface area contributed by atoms with Gasteiger partial charge in [-0.15, -0.1) is 0 Å². The Hall–Kier alpha value is -1.71. The topological polar surface area (TPSA) is 66.8 Å². The summed E-state index contributed by atoms with van der Waals surface area (Å²) in [6.45, 7) is 11.5. The number of fused-ring (bicyclic) bond motifs is 1. The molecule has 2 aromatic carbocycles. The monoisotopic (exact) mass is 428 g/mol. The highest BCUT2D eigenvalue weighted by Gasteiger charge is 2.36. The average Bonchev–Trinajstić information content (AvgIpc) is 2.66. The Kier molecular flexibility index (Phi) is 6.46. The van der Waals surface area contributed by atoms with E-state index in [-0.39, 0.29) is 17.4 Å². The second-order valence-electron chi connectivity index (χ2n) is 9.67. The van der Waals surface area contributed by atoms with Gasteiger partial charge >= 0.3 is 7.82 Å². The number of rotatable bonds is 6. The summed E-state index contributed by atoms with van der Waals surface area (Å²) in [5.41, 5.74) is 7.90. The van der Waals surface area contributed by atoms with Gasteiger partial charge in [0.25, 0.3) is 0 Å². The second-order valence-corrected chi connectivity index (χ2v) is 10.9. The third-order valence-electron chi connectivity index (χ3n) is 6.32. The van der Waals surface area contributed by atoms with E-state index in [1.54, 1.807) is 0 Å². The smallest absolute Gasteiger partial charge is 0.303 e. The largest absolute Gasteiger partial charge is 0.469 e. The van der Waals surface area contributed by atoms with Crippen molar-refractivity contribution >= 4 is 19.5 Å². The van der Waals surface area contributed by atoms with E-state index in [0.29, 0.717) is 6.42 Å². The van der Waals surface area contributed by atoms with Crippen molar-refractivity contribution in [1.29, 1.82) is 0 Å². The molecule has 0 aromatic heterocycles. The molecule has 162 valence electrons. The van der Waals surface area contributed by atoms with Gasteiger partial charge in [-0.2, -0.15) is 0 Å². The first-order valence-electron chi connectivity index (χ1n) is 10.5. The summed E-state index contributed by atoms with van der Waals surface area (Å²) >= 11 is 0. The third kappa shape index (κ3) is 5.50. The molecule has 0 saturated heterocycles. The normalized spacial score (nSPS) is 18.2. The fourth-order valence-electron chi connectivity index (χ4n) is 4.23. The SMILES string of the molecule is CC(=Cc1ccc(CCOP(=O)(O)O)cc1)c1ccc2c(c1)C(C)(C)CCC2(C)C. The minimum absolute atomic E-state index is 0.000247. The molecule has 30 heavy (non-hydrogen) atoms. The van der Waals surface area contributed by atoms with Gasteiger partial charge in [-0.25, -0.2) is 4.57 Å². The zero-order valence-corrected chi connectivity index (χ0v) is 19.5. The lowest BCUT2D eigenvalue weighted by Crippen LogP contribution is -2.33. The maximum absolute atomic E-state index is 10.8. The van der Waals surface area contributed by atoms with Crippen LogP contribution in [0.1, 0.15) is 75.3 Å². The van der Waals surface area contributed by atoms with Crippen LogP contribution in [0, 0.1) is 0 Å². The van der Waals surface area contributed by atoms with E-state index in [2.05, 4.69) is 63.4 Å². The van der Waals surface area contributed by atoms with Gasteiger partial charge in [0.15, 0.2) is 0 Å². The fourth-order valence-corrected chi connectivity index (χ4v) is 4.56. The summed E-state index contributed by atoms with van der Waals surface area (Å²) in [5.74, 6) is 0. The molecule has 0 unspecified atom stereocenters. The molecular weight excluding hydrogens is 395 g/mol. The number of phosphoric ester groups is 1. The lowest BCUT2D eigenvalue weighted by molar-refractivity contribution is 0.199. The van der Waals surface area contributed by atoms with Crippen LogP contribution in [-0.2, 0) is 26.3 Å². The molecule has 0 spiro atoms. The first-order chi connectivity index (χ1) is 13.9. The predicted molar refractivity (Wildman–Crippen MR) is 123 cm³/mol. The number of phosphoric acid groups is 1. The van der Waals surface area contributed by atoms with E-state index in [9.17, 15) is 4.57 Å². The molecule has 5 heteroatoms. The van der Waals surface area contributed by atoms with E-state index in [1.807, 2.05) is 24.3 Å². The summed E-state index contributed by atoms with van der Waals surface area (Å²) in [7, 11) is -4.40. The molecule has 4 nitrogen and oxygen atoms in total. The summed E-state index contributed by atoms with van der Waals surface area (Å²) < 4.78 is 15.3. The maximum Gasteiger partial charge on any atom is 0.469 e. The zero-order valence-electron chi connectivity index (χ0n) is 18.6. The average molecular weight is 429 g/mol. The highest BCUT2D eigenvalue weighted by atomic mass is 31.2. The molecule has 3 rings (SSSR count). The Balaban J connectivity index is 1.78. The van der Waals surface area contributed by atoms with Crippen molar-refractivity contribution in [2.75, 3.05) is 6.61 Å². The maximum atomic E-state index is 10.8. The van der Waals surface area contributed by atoms with Crippen molar-refractivity contribution in [3.63, 3.8) is 0 Å². The number of allylic oxidation sites excluding steroid dienone is 1. The van der Waals surface area contributed by atoms with Gasteiger partial charge in [-0.3, -0.25) is 4.52 Å². The molecule has 0 amide bonds. The Morgan fingerprint density at radius 3 is 2.20 bits per heavy atom. The molecule has 1 aliphatic rings. The van der Waals surface area contributed by atoms with E-state index in [4.69, 9.17) is 9.79 Å². The Morgan fingerprint density at radius 1 is 1.00 bits per heavy atom. The van der Waals surface area contributed by atoms with Gasteiger partial charge < -0.3 is 9.79 Å². The lowest BCUT2D eigenvalue weighted by atomic mass is 9.63. The molecule has 2 N–H and O–H groups in total. The quantitative estimate of drug-likeness (QED) is 0.422. The minimum atomic E-state index is -4.40. The molecule has 0 heterocycles. The lowest BCUT2D eigenvalue weighted by Gasteiger charge is -2.42. The molecular formula is C25H33O4P. The van der Waals surface area contributed by atoms with Crippen molar-refractivity contribution in [2.24, 2.45) is 0 Å². The predicted octanol–water partition coefficient (Wildman–Crippen LogP) is 6.25. The van der Waals surface area contributed by atoms with Gasteiger partial charge in [0, 0.05) is 0 Å². The molecule has 0 atom stereocenters. The van der Waals surface area contributed by atoms with E-state index in [0.717, 1.165) is 11.1 Å². The highest BCUT2D eigenvalue weighted by molar-refractivity contribution is 7.46. The number of hydrogen-bond acceptors (Lipinski definition) is 2. The van der Waals surface area contributed by atoms with Crippen LogP contribution >= 0.6 is 7.82 Å². The van der Waals surface area contributed by atoms with Crippen molar-refractivity contribution in [3.8, 4) is 0 Å². The standard InChI is InChI=1S/C25H33O4P/c1-18(16-20-8-6-19(7-9-20)12-15-29-30(26,27)28)21-10-11-22-23(17-21)25(4,5)14-13-24(22,2)3/h6-11,16-17H,12-15H2,1-5H3,(H2,26,27,28). The molecule has 1 aliphatic carbocycles. The van der Waals surface area contributed by atoms with Gasteiger partial charge in [0.05, 0.1) is 6.61 Å². The molecule has 0 fully saturated rings. The van der Waals surface area contributed by atoms with Gasteiger partial charge in [0.2, 0.25) is 0 Å². The van der Waals surface area contributed by atoms with E-state index < -0.39 is 7.82 Å². The van der Waals surface area contributed by atoms with Crippen molar-refractivity contribution in [1.82, 2.24) is 0 Å². The molecule has 0 aliphatic heterocycles. The summed E-state index contributed by atoms with van der Waals surface area (Å²) in [4.78, 5) is 17.5. The second kappa shape index (κ2) is 8.43. The summed E-state index contributed by atoms with van der Waals surface area (Å²) in [6, 6.07) is 14.9. The Morgan fingerprint density at radius 2 is 1.60 bits per heavy atom. The van der Waals surface area contributed by atoms with Crippen molar-refractivity contribution in [2.45, 2.75) is 64.7 Å². The van der Waals surface area contributed by atoms with Crippen LogP contribution in [0.4, 0.5) is 0 Å². The minimum Gasteiger partial charge on any atom is -0.303 e. The van der Waals surface area contributed by atoms with Crippen LogP contribution in [0.2, 0.25) is 0 Å². The van der Waals surface area contributed by atoms with Crippen molar-refractivity contribution in [3.05, 3.63) is 70.3 Å². The Labute approximate surface area is 180 Å². The van der Waals surface area contributed by atoms with Gasteiger partial charge in [-0.05, 0) is 70.4 Å². The first-order valence-corrected chi connectivity index (χ1v) is 12.0. The highest BCUT2D eigenvalue weighted by Crippen LogP contribution is 2.46. The van der Waals surface area contributed by atoms with Crippen LogP contribution in [0.3, 0.4) is 0 Å². The van der Waals surface area contributed by atoms with Crippen LogP contribution < -0.4 is 0 Å². The van der Waals surface area contributed by atoms with Gasteiger partial charge in [-0.1, -0.05) is 76.2 Å². The van der Waals surface area contributed by atoms with Crippen molar-refractivity contribution < 1.29 is 18.9 Å². The third-order valence-corrected chi connectivity index (χ3v) is 6.84.